The Bertz CT molecular complexity index is 667. The molecular weight excluding hydrogens is 276 g/mol. The Kier molecular flexibility index (Phi) is 3.36. The van der Waals surface area contributed by atoms with Gasteiger partial charge >= 0.3 is 0 Å². The summed E-state index contributed by atoms with van der Waals surface area (Å²) < 4.78 is 11.0. The molecule has 102 valence electrons. The third kappa shape index (κ3) is 2.25. The third-order valence-corrected chi connectivity index (χ3v) is 3.72. The second kappa shape index (κ2) is 5.17. The molecule has 1 heterocycles. The Morgan fingerprint density at radius 2 is 2.05 bits per heavy atom. The number of ether oxygens (including phenoxy) is 2. The topological polar surface area (TPSA) is 35.5 Å². The van der Waals surface area contributed by atoms with Crippen LogP contribution in [0.3, 0.4) is 0 Å². The summed E-state index contributed by atoms with van der Waals surface area (Å²) in [5, 5.41) is 0.613. The normalized spacial score (nSPS) is 17.3. The fraction of sp³-hybridized carbons (Fsp3) is 0.188. The zero-order chi connectivity index (χ0) is 14.1. The van der Waals surface area contributed by atoms with Crippen molar-refractivity contribution in [2.45, 2.75) is 12.5 Å². The van der Waals surface area contributed by atoms with E-state index in [1.54, 1.807) is 31.4 Å². The molecule has 0 aliphatic carbocycles. The minimum atomic E-state index is -0.336. The molecule has 1 aliphatic heterocycles. The predicted molar refractivity (Wildman–Crippen MR) is 76.8 cm³/mol. The molecule has 4 heteroatoms. The van der Waals surface area contributed by atoms with Crippen molar-refractivity contribution in [2.24, 2.45) is 0 Å². The van der Waals surface area contributed by atoms with Gasteiger partial charge in [0.15, 0.2) is 5.78 Å². The lowest BCUT2D eigenvalue weighted by molar-refractivity contribution is 0.0849. The first kappa shape index (κ1) is 13.0. The van der Waals surface area contributed by atoms with Crippen LogP contribution in [0.1, 0.15) is 28.4 Å². The van der Waals surface area contributed by atoms with Crippen LogP contribution in [0.5, 0.6) is 11.5 Å². The average molecular weight is 289 g/mol. The Hall–Kier alpha value is -2.00. The van der Waals surface area contributed by atoms with Gasteiger partial charge in [-0.15, -0.1) is 0 Å². The summed E-state index contributed by atoms with van der Waals surface area (Å²) >= 11 is 6.17. The van der Waals surface area contributed by atoms with Gasteiger partial charge in [0.1, 0.15) is 17.6 Å². The van der Waals surface area contributed by atoms with E-state index in [0.717, 1.165) is 5.56 Å². The molecule has 3 rings (SSSR count). The van der Waals surface area contributed by atoms with Crippen molar-refractivity contribution < 1.29 is 14.3 Å². The van der Waals surface area contributed by atoms with Crippen LogP contribution in [0.15, 0.2) is 42.5 Å². The van der Waals surface area contributed by atoms with Gasteiger partial charge in [0.05, 0.1) is 19.1 Å². The number of hydrogen-bond acceptors (Lipinski definition) is 3. The molecule has 0 aromatic heterocycles. The predicted octanol–water partition coefficient (Wildman–Crippen LogP) is 4.06. The third-order valence-electron chi connectivity index (χ3n) is 3.38. The fourth-order valence-corrected chi connectivity index (χ4v) is 2.60. The van der Waals surface area contributed by atoms with Crippen LogP contribution in [0, 0.1) is 0 Å². The van der Waals surface area contributed by atoms with E-state index >= 15 is 0 Å². The van der Waals surface area contributed by atoms with Gasteiger partial charge in [-0.25, -0.2) is 0 Å². The van der Waals surface area contributed by atoms with Crippen LogP contribution in [0.2, 0.25) is 5.02 Å². The van der Waals surface area contributed by atoms with Crippen LogP contribution in [-0.4, -0.2) is 12.9 Å². The van der Waals surface area contributed by atoms with Crippen molar-refractivity contribution in [3.05, 3.63) is 58.6 Å². The summed E-state index contributed by atoms with van der Waals surface area (Å²) in [6, 6.07) is 12.7. The minimum Gasteiger partial charge on any atom is -0.497 e. The van der Waals surface area contributed by atoms with Crippen molar-refractivity contribution in [3.8, 4) is 11.5 Å². The second-order valence-corrected chi connectivity index (χ2v) is 5.02. The van der Waals surface area contributed by atoms with Crippen molar-refractivity contribution in [3.63, 3.8) is 0 Å². The fourth-order valence-electron chi connectivity index (χ4n) is 2.34. The van der Waals surface area contributed by atoms with E-state index in [-0.39, 0.29) is 18.3 Å². The molecule has 0 spiro atoms. The van der Waals surface area contributed by atoms with E-state index in [9.17, 15) is 4.79 Å². The molecule has 0 radical (unpaired) electrons. The number of ketones is 1. The smallest absolute Gasteiger partial charge is 0.170 e. The van der Waals surface area contributed by atoms with Gasteiger partial charge in [0.2, 0.25) is 0 Å². The second-order valence-electron chi connectivity index (χ2n) is 4.62. The largest absolute Gasteiger partial charge is 0.497 e. The van der Waals surface area contributed by atoms with E-state index in [4.69, 9.17) is 21.1 Å². The molecule has 0 saturated carbocycles. The van der Waals surface area contributed by atoms with E-state index < -0.39 is 0 Å². The van der Waals surface area contributed by atoms with Crippen molar-refractivity contribution in [1.29, 1.82) is 0 Å². The Morgan fingerprint density at radius 1 is 1.25 bits per heavy atom. The van der Waals surface area contributed by atoms with E-state index in [0.29, 0.717) is 22.1 Å². The highest BCUT2D eigenvalue weighted by Crippen LogP contribution is 2.38. The van der Waals surface area contributed by atoms with Crippen LogP contribution < -0.4 is 9.47 Å². The highest BCUT2D eigenvalue weighted by atomic mass is 35.5. The van der Waals surface area contributed by atoms with Crippen molar-refractivity contribution >= 4 is 17.4 Å². The van der Waals surface area contributed by atoms with Crippen molar-refractivity contribution in [2.75, 3.05) is 7.11 Å². The molecule has 1 atom stereocenters. The summed E-state index contributed by atoms with van der Waals surface area (Å²) in [6.07, 6.45) is -0.0544. The Morgan fingerprint density at radius 3 is 2.80 bits per heavy atom. The number of fused-ring (bicyclic) bond motifs is 1. The van der Waals surface area contributed by atoms with Crippen LogP contribution >= 0.6 is 11.6 Å². The molecule has 0 amide bonds. The summed E-state index contributed by atoms with van der Waals surface area (Å²) in [5.41, 5.74) is 1.40. The number of carbonyl (C=O) groups excluding carboxylic acids is 1. The maximum Gasteiger partial charge on any atom is 0.170 e. The number of carbonyl (C=O) groups is 1. The lowest BCUT2D eigenvalue weighted by atomic mass is 9.96. The number of benzene rings is 2. The first-order chi connectivity index (χ1) is 9.69. The highest BCUT2D eigenvalue weighted by Gasteiger charge is 2.29. The first-order valence-corrected chi connectivity index (χ1v) is 6.69. The molecule has 0 N–H and O–H groups in total. The standard InChI is InChI=1S/C16H13ClO3/c1-19-10-6-7-15-12(8-10)14(18)9-16(20-15)11-4-2-3-5-13(11)17/h2-8,16H,9H2,1H3/t16-/m0/s1. The van der Waals surface area contributed by atoms with Crippen molar-refractivity contribution in [1.82, 2.24) is 0 Å². The van der Waals surface area contributed by atoms with E-state index in [1.807, 2.05) is 18.2 Å². The Labute approximate surface area is 122 Å². The van der Waals surface area contributed by atoms with Crippen LogP contribution in [0.25, 0.3) is 0 Å². The lowest BCUT2D eigenvalue weighted by Gasteiger charge is -2.26. The van der Waals surface area contributed by atoms with Crippen LogP contribution in [0.4, 0.5) is 0 Å². The highest BCUT2D eigenvalue weighted by molar-refractivity contribution is 6.31. The SMILES string of the molecule is COc1ccc2c(c1)C(=O)C[C@@H](c1ccccc1Cl)O2. The average Bonchev–Trinajstić information content (AvgIpc) is 2.47. The summed E-state index contributed by atoms with van der Waals surface area (Å²) in [6.45, 7) is 0. The molecule has 2 aromatic rings. The molecule has 0 unspecified atom stereocenters. The van der Waals surface area contributed by atoms with Gasteiger partial charge in [-0.1, -0.05) is 29.8 Å². The summed E-state index contributed by atoms with van der Waals surface area (Å²) in [7, 11) is 1.57. The quantitative estimate of drug-likeness (QED) is 0.836. The molecule has 0 bridgehead atoms. The zero-order valence-electron chi connectivity index (χ0n) is 10.9. The zero-order valence-corrected chi connectivity index (χ0v) is 11.7. The van der Waals surface area contributed by atoms with Gasteiger partial charge < -0.3 is 9.47 Å². The molecule has 3 nitrogen and oxygen atoms in total. The Balaban J connectivity index is 1.97. The molecule has 0 fully saturated rings. The monoisotopic (exact) mass is 288 g/mol. The molecular formula is C16H13ClO3. The summed E-state index contributed by atoms with van der Waals surface area (Å²) in [4.78, 5) is 12.3. The van der Waals surface area contributed by atoms with Crippen LogP contribution in [-0.2, 0) is 0 Å². The molecule has 20 heavy (non-hydrogen) atoms. The number of methoxy groups -OCH3 is 1. The molecule has 0 saturated heterocycles. The van der Waals surface area contributed by atoms with Gasteiger partial charge in [0.25, 0.3) is 0 Å². The molecule has 1 aliphatic rings. The van der Waals surface area contributed by atoms with Gasteiger partial charge in [0, 0.05) is 10.6 Å². The van der Waals surface area contributed by atoms with E-state index in [2.05, 4.69) is 0 Å². The summed E-state index contributed by atoms with van der Waals surface area (Å²) in [5.74, 6) is 1.26. The van der Waals surface area contributed by atoms with Gasteiger partial charge in [-0.3, -0.25) is 4.79 Å². The maximum absolute atomic E-state index is 12.3. The van der Waals surface area contributed by atoms with Gasteiger partial charge in [-0.05, 0) is 24.3 Å². The van der Waals surface area contributed by atoms with Gasteiger partial charge in [-0.2, -0.15) is 0 Å². The first-order valence-electron chi connectivity index (χ1n) is 6.31. The number of Topliss-reactive ketones (excluding diaryl/α,β-unsaturated/α-hetero) is 1. The van der Waals surface area contributed by atoms with E-state index in [1.165, 1.54) is 0 Å². The number of rotatable bonds is 2. The minimum absolute atomic E-state index is 0.0371. The maximum atomic E-state index is 12.3. The molecule has 2 aromatic carbocycles. The number of hydrogen-bond donors (Lipinski definition) is 0. The number of halogens is 1. The lowest BCUT2D eigenvalue weighted by Crippen LogP contribution is -2.20.